The van der Waals surface area contributed by atoms with Crippen LogP contribution in [0.25, 0.3) is 0 Å². The van der Waals surface area contributed by atoms with Crippen LogP contribution in [0.15, 0.2) is 56.4 Å². The van der Waals surface area contributed by atoms with Crippen LogP contribution in [0.2, 0.25) is 0 Å². The van der Waals surface area contributed by atoms with E-state index < -0.39 is 41.7 Å². The lowest BCUT2D eigenvalue weighted by Crippen LogP contribution is -2.19. The summed E-state index contributed by atoms with van der Waals surface area (Å²) in [6.45, 7) is 0. The summed E-state index contributed by atoms with van der Waals surface area (Å²) < 4.78 is 63.6. The van der Waals surface area contributed by atoms with Crippen LogP contribution < -0.4 is 16.8 Å². The molecule has 0 saturated carbocycles. The quantitative estimate of drug-likeness (QED) is 0.274. The average molecular weight is 415 g/mol. The van der Waals surface area contributed by atoms with Crippen molar-refractivity contribution in [3.63, 3.8) is 0 Å². The topological polar surface area (TPSA) is 215 Å². The standard InChI is InChI=1S/C13H13N5O7S2/c14-7-1-3-9(10(5-7)16-13(15)19)17-18-11-6-8(26(20,21)22)2-4-12(11)27(23,24)25/h1-6H,14H2,(H3,15,16,19)(H,20,21,22)(H,23,24,25). The van der Waals surface area contributed by atoms with Crippen LogP contribution in [0.3, 0.4) is 0 Å². The average Bonchev–Trinajstić information content (AvgIpc) is 2.51. The molecule has 0 unspecified atom stereocenters. The summed E-state index contributed by atoms with van der Waals surface area (Å²) in [6, 6.07) is 5.30. The first-order valence-corrected chi connectivity index (χ1v) is 9.72. The molecule has 2 rings (SSSR count). The number of carbonyl (C=O) groups excluding carboxylic acids is 1. The molecule has 0 bridgehead atoms. The van der Waals surface area contributed by atoms with Gasteiger partial charge in [-0.2, -0.15) is 16.8 Å². The monoisotopic (exact) mass is 415 g/mol. The van der Waals surface area contributed by atoms with Crippen LogP contribution >= 0.6 is 0 Å². The van der Waals surface area contributed by atoms with Crippen LogP contribution in [-0.2, 0) is 20.2 Å². The molecular formula is C13H13N5O7S2. The first kappa shape index (κ1) is 20.2. The minimum Gasteiger partial charge on any atom is -0.399 e. The minimum absolute atomic E-state index is 0.00143. The fourth-order valence-corrected chi connectivity index (χ4v) is 3.04. The second kappa shape index (κ2) is 7.28. The third-order valence-electron chi connectivity index (χ3n) is 3.05. The maximum atomic E-state index is 11.4. The number of hydrogen-bond donors (Lipinski definition) is 5. The summed E-state index contributed by atoms with van der Waals surface area (Å²) in [6.07, 6.45) is 0. The van der Waals surface area contributed by atoms with E-state index in [9.17, 15) is 26.2 Å². The Morgan fingerprint density at radius 2 is 1.56 bits per heavy atom. The van der Waals surface area contributed by atoms with Gasteiger partial charge in [0.05, 0.1) is 10.6 Å². The van der Waals surface area contributed by atoms with Gasteiger partial charge in [0.15, 0.2) is 0 Å². The molecular weight excluding hydrogens is 402 g/mol. The van der Waals surface area contributed by atoms with E-state index in [-0.39, 0.29) is 17.1 Å². The van der Waals surface area contributed by atoms with Crippen molar-refractivity contribution in [3.8, 4) is 0 Å². The van der Waals surface area contributed by atoms with E-state index in [0.29, 0.717) is 6.07 Å². The highest BCUT2D eigenvalue weighted by Gasteiger charge is 2.20. The fourth-order valence-electron chi connectivity index (χ4n) is 1.94. The summed E-state index contributed by atoms with van der Waals surface area (Å²) in [5, 5.41) is 9.54. The normalized spacial score (nSPS) is 12.2. The molecule has 144 valence electrons. The van der Waals surface area contributed by atoms with Gasteiger partial charge < -0.3 is 16.8 Å². The second-order valence-electron chi connectivity index (χ2n) is 5.05. The number of nitrogen functional groups attached to an aromatic ring is 1. The molecule has 0 aliphatic heterocycles. The molecule has 2 aromatic rings. The lowest BCUT2D eigenvalue weighted by Gasteiger charge is -2.07. The number of rotatable bonds is 5. The molecule has 2 amide bonds. The summed E-state index contributed by atoms with van der Waals surface area (Å²) in [5.74, 6) is 0. The van der Waals surface area contributed by atoms with Crippen molar-refractivity contribution in [1.29, 1.82) is 0 Å². The molecule has 0 radical (unpaired) electrons. The van der Waals surface area contributed by atoms with E-state index in [2.05, 4.69) is 15.5 Å². The van der Waals surface area contributed by atoms with Crippen molar-refractivity contribution >= 4 is 49.0 Å². The Kier molecular flexibility index (Phi) is 5.46. The number of nitrogens with zero attached hydrogens (tertiary/aromatic N) is 2. The predicted molar refractivity (Wildman–Crippen MR) is 94.3 cm³/mol. The first-order valence-electron chi connectivity index (χ1n) is 6.84. The molecule has 0 atom stereocenters. The SMILES string of the molecule is NC(=O)Nc1cc(N)ccc1N=Nc1cc(S(=O)(=O)O)ccc1S(=O)(=O)O. The highest BCUT2D eigenvalue weighted by atomic mass is 32.2. The van der Waals surface area contributed by atoms with Crippen molar-refractivity contribution < 1.29 is 30.7 Å². The molecule has 0 aliphatic carbocycles. The van der Waals surface area contributed by atoms with Gasteiger partial charge in [-0.1, -0.05) is 0 Å². The van der Waals surface area contributed by atoms with E-state index in [1.807, 2.05) is 0 Å². The molecule has 14 heteroatoms. The number of amides is 2. The molecule has 0 saturated heterocycles. The van der Waals surface area contributed by atoms with Crippen molar-refractivity contribution in [1.82, 2.24) is 0 Å². The van der Waals surface area contributed by atoms with Gasteiger partial charge in [0, 0.05) is 5.69 Å². The van der Waals surface area contributed by atoms with Crippen molar-refractivity contribution in [2.45, 2.75) is 9.79 Å². The number of nitrogens with one attached hydrogen (secondary N) is 1. The molecule has 0 heterocycles. The Labute approximate surface area is 153 Å². The number of nitrogens with two attached hydrogens (primary N) is 2. The number of carbonyl (C=O) groups is 1. The van der Waals surface area contributed by atoms with Crippen LogP contribution in [0.5, 0.6) is 0 Å². The van der Waals surface area contributed by atoms with Crippen LogP contribution in [0.4, 0.5) is 27.5 Å². The van der Waals surface area contributed by atoms with Crippen LogP contribution in [-0.4, -0.2) is 32.0 Å². The van der Waals surface area contributed by atoms with Gasteiger partial charge in [0.25, 0.3) is 20.2 Å². The van der Waals surface area contributed by atoms with Crippen LogP contribution in [0, 0.1) is 0 Å². The maximum Gasteiger partial charge on any atom is 0.316 e. The molecule has 0 aromatic heterocycles. The van der Waals surface area contributed by atoms with E-state index in [0.717, 1.165) is 12.1 Å². The zero-order chi connectivity index (χ0) is 20.4. The summed E-state index contributed by atoms with van der Waals surface area (Å²) in [4.78, 5) is 9.62. The number of azo groups is 1. The Morgan fingerprint density at radius 3 is 2.11 bits per heavy atom. The van der Waals surface area contributed by atoms with E-state index in [1.54, 1.807) is 0 Å². The van der Waals surface area contributed by atoms with Gasteiger partial charge in [-0.3, -0.25) is 9.11 Å². The van der Waals surface area contributed by atoms with Crippen molar-refractivity contribution in [3.05, 3.63) is 36.4 Å². The molecule has 0 fully saturated rings. The number of urea groups is 1. The third kappa shape index (κ3) is 5.20. The Bertz CT molecular complexity index is 1140. The van der Waals surface area contributed by atoms with E-state index >= 15 is 0 Å². The fraction of sp³-hybridized carbons (Fsp3) is 0. The molecule has 7 N–H and O–H groups in total. The lowest BCUT2D eigenvalue weighted by molar-refractivity contribution is 0.259. The number of hydrogen-bond acceptors (Lipinski definition) is 8. The predicted octanol–water partition coefficient (Wildman–Crippen LogP) is 1.67. The van der Waals surface area contributed by atoms with Crippen molar-refractivity contribution in [2.75, 3.05) is 11.1 Å². The van der Waals surface area contributed by atoms with Crippen molar-refractivity contribution in [2.24, 2.45) is 16.0 Å². The smallest absolute Gasteiger partial charge is 0.316 e. The number of anilines is 2. The molecule has 0 spiro atoms. The Morgan fingerprint density at radius 1 is 0.926 bits per heavy atom. The zero-order valence-corrected chi connectivity index (χ0v) is 14.9. The minimum atomic E-state index is -4.78. The molecule has 0 aliphatic rings. The summed E-state index contributed by atoms with van der Waals surface area (Å²) in [5.41, 5.74) is 10.3. The maximum absolute atomic E-state index is 11.4. The van der Waals surface area contributed by atoms with Gasteiger partial charge >= 0.3 is 6.03 Å². The summed E-state index contributed by atoms with van der Waals surface area (Å²) >= 11 is 0. The highest BCUT2D eigenvalue weighted by molar-refractivity contribution is 7.86. The molecule has 2 aromatic carbocycles. The zero-order valence-electron chi connectivity index (χ0n) is 13.3. The largest absolute Gasteiger partial charge is 0.399 e. The third-order valence-corrected chi connectivity index (χ3v) is 4.80. The first-order chi connectivity index (χ1) is 12.4. The van der Waals surface area contributed by atoms with Gasteiger partial charge in [-0.15, -0.1) is 10.2 Å². The molecule has 12 nitrogen and oxygen atoms in total. The summed E-state index contributed by atoms with van der Waals surface area (Å²) in [7, 11) is -9.44. The van der Waals surface area contributed by atoms with Gasteiger partial charge in [-0.05, 0) is 36.4 Å². The number of benzene rings is 2. The van der Waals surface area contributed by atoms with Gasteiger partial charge in [0.1, 0.15) is 16.3 Å². The van der Waals surface area contributed by atoms with Crippen LogP contribution in [0.1, 0.15) is 0 Å². The lowest BCUT2D eigenvalue weighted by atomic mass is 10.2. The molecule has 27 heavy (non-hydrogen) atoms. The van der Waals surface area contributed by atoms with E-state index in [4.69, 9.17) is 16.0 Å². The van der Waals surface area contributed by atoms with Gasteiger partial charge in [0.2, 0.25) is 0 Å². The Balaban J connectivity index is 2.61. The van der Waals surface area contributed by atoms with E-state index in [1.165, 1.54) is 18.2 Å². The van der Waals surface area contributed by atoms with Gasteiger partial charge in [-0.25, -0.2) is 4.79 Å². The Hall–Kier alpha value is -3.07. The number of primary amides is 1. The highest BCUT2D eigenvalue weighted by Crippen LogP contribution is 2.32. The second-order valence-corrected chi connectivity index (χ2v) is 7.86.